The van der Waals surface area contributed by atoms with Crippen LogP contribution in [0.5, 0.6) is 0 Å². The van der Waals surface area contributed by atoms with Gasteiger partial charge in [-0.2, -0.15) is 0 Å². The third-order valence-electron chi connectivity index (χ3n) is 5.03. The van der Waals surface area contributed by atoms with Crippen molar-refractivity contribution >= 4 is 0 Å². The molecule has 0 saturated carbocycles. The van der Waals surface area contributed by atoms with Gasteiger partial charge in [0.25, 0.3) is 0 Å². The van der Waals surface area contributed by atoms with Crippen LogP contribution in [0.1, 0.15) is 29.8 Å². The summed E-state index contributed by atoms with van der Waals surface area (Å²) in [7, 11) is 0. The number of aryl methyl sites for hydroxylation is 1. The van der Waals surface area contributed by atoms with Crippen LogP contribution in [0.15, 0.2) is 61.1 Å². The molecule has 0 N–H and O–H groups in total. The first-order valence-corrected chi connectivity index (χ1v) is 9.62. The molecule has 27 heavy (non-hydrogen) atoms. The molecule has 5 nitrogen and oxygen atoms in total. The average molecular weight is 362 g/mol. The van der Waals surface area contributed by atoms with E-state index in [1.165, 1.54) is 11.3 Å². The van der Waals surface area contributed by atoms with Gasteiger partial charge >= 0.3 is 0 Å². The first-order valence-electron chi connectivity index (χ1n) is 9.62. The monoisotopic (exact) mass is 362 g/mol. The molecule has 140 valence electrons. The number of aromatic nitrogens is 3. The summed E-state index contributed by atoms with van der Waals surface area (Å²) >= 11 is 0. The molecule has 0 radical (unpaired) electrons. The Hall–Kier alpha value is -2.50. The fraction of sp³-hybridized carbons (Fsp3) is 0.364. The zero-order valence-electron chi connectivity index (χ0n) is 15.8. The van der Waals surface area contributed by atoms with Crippen molar-refractivity contribution < 1.29 is 4.74 Å². The van der Waals surface area contributed by atoms with E-state index in [-0.39, 0.29) is 0 Å². The zero-order valence-corrected chi connectivity index (χ0v) is 15.8. The molecule has 4 rings (SSSR count). The van der Waals surface area contributed by atoms with Crippen LogP contribution in [0.3, 0.4) is 0 Å². The smallest absolute Gasteiger partial charge is 0.139 e. The average Bonchev–Trinajstić information content (AvgIpc) is 3.35. The van der Waals surface area contributed by atoms with Crippen molar-refractivity contribution in [2.24, 2.45) is 0 Å². The summed E-state index contributed by atoms with van der Waals surface area (Å²) in [6.45, 7) is 5.55. The second-order valence-electron chi connectivity index (χ2n) is 7.14. The van der Waals surface area contributed by atoms with Crippen molar-refractivity contribution in [3.63, 3.8) is 0 Å². The summed E-state index contributed by atoms with van der Waals surface area (Å²) in [5.41, 5.74) is 3.48. The van der Waals surface area contributed by atoms with Gasteiger partial charge in [0.1, 0.15) is 5.82 Å². The van der Waals surface area contributed by atoms with Crippen molar-refractivity contribution in [2.75, 3.05) is 13.2 Å². The number of nitrogens with zero attached hydrogens (tertiary/aromatic N) is 4. The lowest BCUT2D eigenvalue weighted by molar-refractivity contribution is 0.0669. The van der Waals surface area contributed by atoms with Gasteiger partial charge in [-0.25, -0.2) is 4.98 Å². The fourth-order valence-corrected chi connectivity index (χ4v) is 3.69. The van der Waals surface area contributed by atoms with Crippen LogP contribution >= 0.6 is 0 Å². The minimum absolute atomic E-state index is 0.314. The van der Waals surface area contributed by atoms with Crippen LogP contribution in [0, 0.1) is 6.92 Å². The Balaban J connectivity index is 1.56. The van der Waals surface area contributed by atoms with E-state index in [9.17, 15) is 0 Å². The summed E-state index contributed by atoms with van der Waals surface area (Å²) in [6, 6.07) is 14.4. The van der Waals surface area contributed by atoms with E-state index < -0.39 is 0 Å². The van der Waals surface area contributed by atoms with Crippen molar-refractivity contribution in [3.8, 4) is 5.82 Å². The summed E-state index contributed by atoms with van der Waals surface area (Å²) in [5.74, 6) is 0.993. The van der Waals surface area contributed by atoms with Gasteiger partial charge < -0.3 is 9.30 Å². The minimum Gasteiger partial charge on any atom is -0.377 e. The fourth-order valence-electron chi connectivity index (χ4n) is 3.69. The molecule has 5 heteroatoms. The molecule has 0 amide bonds. The Morgan fingerprint density at radius 2 is 2.00 bits per heavy atom. The second kappa shape index (κ2) is 8.46. The van der Waals surface area contributed by atoms with E-state index in [0.717, 1.165) is 50.6 Å². The van der Waals surface area contributed by atoms with E-state index in [4.69, 9.17) is 4.74 Å². The highest BCUT2D eigenvalue weighted by atomic mass is 16.5. The molecule has 0 aromatic carbocycles. The minimum atomic E-state index is 0.314. The number of rotatable bonds is 7. The molecule has 1 saturated heterocycles. The maximum Gasteiger partial charge on any atom is 0.139 e. The quantitative estimate of drug-likeness (QED) is 0.642. The molecule has 1 atom stereocenters. The highest BCUT2D eigenvalue weighted by Gasteiger charge is 2.21. The Kier molecular flexibility index (Phi) is 5.61. The first kappa shape index (κ1) is 17.9. The summed E-state index contributed by atoms with van der Waals surface area (Å²) in [6.07, 6.45) is 8.41. The highest BCUT2D eigenvalue weighted by Crippen LogP contribution is 2.19. The van der Waals surface area contributed by atoms with E-state index in [0.29, 0.717) is 6.10 Å². The Bertz CT molecular complexity index is 856. The number of hydrogen-bond donors (Lipinski definition) is 0. The third-order valence-corrected chi connectivity index (χ3v) is 5.03. The van der Waals surface area contributed by atoms with Gasteiger partial charge in [0.05, 0.1) is 11.8 Å². The van der Waals surface area contributed by atoms with E-state index in [2.05, 4.69) is 56.8 Å². The molecule has 4 heterocycles. The molecule has 0 bridgehead atoms. The van der Waals surface area contributed by atoms with Gasteiger partial charge in [-0.15, -0.1) is 0 Å². The predicted octanol–water partition coefficient (Wildman–Crippen LogP) is 3.76. The van der Waals surface area contributed by atoms with Gasteiger partial charge in [0, 0.05) is 50.5 Å². The Morgan fingerprint density at radius 1 is 1.07 bits per heavy atom. The van der Waals surface area contributed by atoms with Crippen LogP contribution in [0.4, 0.5) is 0 Å². The summed E-state index contributed by atoms with van der Waals surface area (Å²) < 4.78 is 8.08. The Labute approximate surface area is 160 Å². The third kappa shape index (κ3) is 4.43. The van der Waals surface area contributed by atoms with Crippen molar-refractivity contribution in [1.29, 1.82) is 0 Å². The van der Waals surface area contributed by atoms with Crippen molar-refractivity contribution in [3.05, 3.63) is 78.0 Å². The van der Waals surface area contributed by atoms with Crippen LogP contribution in [0.2, 0.25) is 0 Å². The Morgan fingerprint density at radius 3 is 2.78 bits per heavy atom. The molecule has 1 fully saturated rings. The second-order valence-corrected chi connectivity index (χ2v) is 7.14. The zero-order chi connectivity index (χ0) is 18.5. The van der Waals surface area contributed by atoms with Crippen LogP contribution in [-0.4, -0.2) is 38.7 Å². The highest BCUT2D eigenvalue weighted by molar-refractivity contribution is 5.35. The van der Waals surface area contributed by atoms with Crippen LogP contribution in [-0.2, 0) is 17.8 Å². The molecule has 1 unspecified atom stereocenters. The first-order chi connectivity index (χ1) is 13.3. The molecular formula is C22H26N4O. The predicted molar refractivity (Wildman–Crippen MR) is 106 cm³/mol. The van der Waals surface area contributed by atoms with E-state index in [1.54, 1.807) is 0 Å². The van der Waals surface area contributed by atoms with Gasteiger partial charge in [-0.05, 0) is 55.7 Å². The standard InChI is InChI=1S/C22H26N4O/c1-18-7-4-12-24-22(18)26-13-5-9-20(26)16-25(17-21-10-6-14-27-21)15-19-8-2-3-11-23-19/h2-5,7-9,11-13,21H,6,10,14-17H2,1H3. The lowest BCUT2D eigenvalue weighted by atomic mass is 10.2. The molecule has 3 aromatic heterocycles. The molecule has 3 aromatic rings. The normalized spacial score (nSPS) is 16.9. The van der Waals surface area contributed by atoms with E-state index >= 15 is 0 Å². The summed E-state index contributed by atoms with van der Waals surface area (Å²) in [4.78, 5) is 11.5. The molecule has 1 aliphatic rings. The maximum atomic E-state index is 5.89. The lowest BCUT2D eigenvalue weighted by Crippen LogP contribution is -2.32. The van der Waals surface area contributed by atoms with Gasteiger partial charge in [0.15, 0.2) is 0 Å². The van der Waals surface area contributed by atoms with Crippen molar-refractivity contribution in [1.82, 2.24) is 19.4 Å². The summed E-state index contributed by atoms with van der Waals surface area (Å²) in [5, 5.41) is 0. The maximum absolute atomic E-state index is 5.89. The SMILES string of the molecule is Cc1cccnc1-n1cccc1CN(Cc1ccccn1)CC1CCCO1. The number of hydrogen-bond acceptors (Lipinski definition) is 4. The van der Waals surface area contributed by atoms with Gasteiger partial charge in [0.2, 0.25) is 0 Å². The number of pyridine rings is 2. The van der Waals surface area contributed by atoms with Gasteiger partial charge in [-0.3, -0.25) is 9.88 Å². The van der Waals surface area contributed by atoms with Crippen molar-refractivity contribution in [2.45, 2.75) is 39.0 Å². The molecular weight excluding hydrogens is 336 g/mol. The largest absolute Gasteiger partial charge is 0.377 e. The lowest BCUT2D eigenvalue weighted by Gasteiger charge is -2.25. The molecule has 0 aliphatic carbocycles. The van der Waals surface area contributed by atoms with Crippen LogP contribution < -0.4 is 0 Å². The van der Waals surface area contributed by atoms with E-state index in [1.807, 2.05) is 30.6 Å². The van der Waals surface area contributed by atoms with Gasteiger partial charge in [-0.1, -0.05) is 12.1 Å². The molecule has 1 aliphatic heterocycles. The number of ether oxygens (including phenoxy) is 1. The van der Waals surface area contributed by atoms with Crippen LogP contribution in [0.25, 0.3) is 5.82 Å². The molecule has 0 spiro atoms. The topological polar surface area (TPSA) is 43.2 Å².